The molecule has 0 fully saturated rings. The first-order valence-electron chi connectivity index (χ1n) is 9.05. The van der Waals surface area contributed by atoms with Gasteiger partial charge in [0, 0.05) is 36.4 Å². The number of nitrogens with one attached hydrogen (secondary N) is 1. The van der Waals surface area contributed by atoms with E-state index < -0.39 is 0 Å². The van der Waals surface area contributed by atoms with Gasteiger partial charge >= 0.3 is 0 Å². The van der Waals surface area contributed by atoms with Crippen LogP contribution in [0.5, 0.6) is 0 Å². The Morgan fingerprint density at radius 1 is 1.03 bits per heavy atom. The highest BCUT2D eigenvalue weighted by Crippen LogP contribution is 2.26. The van der Waals surface area contributed by atoms with Crippen LogP contribution in [0.25, 0.3) is 5.69 Å². The summed E-state index contributed by atoms with van der Waals surface area (Å²) in [6, 6.07) is 14.4. The van der Waals surface area contributed by atoms with E-state index in [-0.39, 0.29) is 30.7 Å². The summed E-state index contributed by atoms with van der Waals surface area (Å²) in [5.41, 5.74) is 2.52. The third kappa shape index (κ3) is 3.84. The molecular weight excluding hydrogens is 436 g/mol. The third-order valence-electron chi connectivity index (χ3n) is 4.71. The molecule has 7 nitrogen and oxygen atoms in total. The van der Waals surface area contributed by atoms with E-state index in [1.165, 1.54) is 0 Å². The molecule has 1 aromatic heterocycles. The monoisotopic (exact) mass is 452 g/mol. The van der Waals surface area contributed by atoms with Crippen LogP contribution >= 0.6 is 15.9 Å². The lowest BCUT2D eigenvalue weighted by molar-refractivity contribution is -0.121. The van der Waals surface area contributed by atoms with E-state index in [9.17, 15) is 14.4 Å². The SMILES string of the molecule is O=C(CCN1C(=O)c2ccc(Br)cc2C1=O)NCc1ccccc1-n1cccn1. The fraction of sp³-hybridized carbons (Fsp3) is 0.143. The van der Waals surface area contributed by atoms with Crippen molar-refractivity contribution in [3.05, 3.63) is 82.1 Å². The van der Waals surface area contributed by atoms with Crippen molar-refractivity contribution in [1.29, 1.82) is 0 Å². The standard InChI is InChI=1S/C21H17BrN4O3/c22-15-6-7-16-17(12-15)21(29)25(20(16)28)11-8-19(27)23-13-14-4-1-2-5-18(14)26-10-3-9-24-26/h1-7,9-10,12H,8,11,13H2,(H,23,27). The molecule has 0 saturated heterocycles. The normalized spacial score (nSPS) is 12.9. The summed E-state index contributed by atoms with van der Waals surface area (Å²) in [4.78, 5) is 38.3. The van der Waals surface area contributed by atoms with Gasteiger partial charge in [0.05, 0.1) is 16.8 Å². The number of hydrogen-bond donors (Lipinski definition) is 1. The first-order valence-corrected chi connectivity index (χ1v) is 9.84. The number of hydrogen-bond acceptors (Lipinski definition) is 4. The first-order chi connectivity index (χ1) is 14.0. The molecule has 0 bridgehead atoms. The van der Waals surface area contributed by atoms with Crippen molar-refractivity contribution in [3.63, 3.8) is 0 Å². The van der Waals surface area contributed by atoms with Gasteiger partial charge in [-0.2, -0.15) is 5.10 Å². The zero-order valence-corrected chi connectivity index (χ0v) is 16.9. The topological polar surface area (TPSA) is 84.3 Å². The molecule has 0 radical (unpaired) electrons. The lowest BCUT2D eigenvalue weighted by Gasteiger charge is -2.14. The van der Waals surface area contributed by atoms with Gasteiger partial charge in [0.1, 0.15) is 0 Å². The van der Waals surface area contributed by atoms with Crippen LogP contribution in [0.4, 0.5) is 0 Å². The number of para-hydroxylation sites is 1. The van der Waals surface area contributed by atoms with Crippen LogP contribution in [0, 0.1) is 0 Å². The first kappa shape index (κ1) is 19.1. The Labute approximate surface area is 175 Å². The lowest BCUT2D eigenvalue weighted by atomic mass is 10.1. The summed E-state index contributed by atoms with van der Waals surface area (Å²) >= 11 is 3.30. The lowest BCUT2D eigenvalue weighted by Crippen LogP contribution is -2.34. The van der Waals surface area contributed by atoms with E-state index in [0.29, 0.717) is 17.7 Å². The average Bonchev–Trinajstić information content (AvgIpc) is 3.33. The number of fused-ring (bicyclic) bond motifs is 1. The van der Waals surface area contributed by atoms with Crippen molar-refractivity contribution in [2.24, 2.45) is 0 Å². The molecule has 0 aliphatic carbocycles. The van der Waals surface area contributed by atoms with Gasteiger partial charge in [-0.1, -0.05) is 34.1 Å². The molecule has 0 saturated carbocycles. The summed E-state index contributed by atoms with van der Waals surface area (Å²) in [5.74, 6) is -0.976. The van der Waals surface area contributed by atoms with Gasteiger partial charge in [0.2, 0.25) is 5.91 Å². The quantitative estimate of drug-likeness (QED) is 0.582. The molecule has 0 unspecified atom stereocenters. The Morgan fingerprint density at radius 3 is 2.62 bits per heavy atom. The van der Waals surface area contributed by atoms with E-state index in [1.54, 1.807) is 29.1 Å². The van der Waals surface area contributed by atoms with E-state index in [4.69, 9.17) is 0 Å². The van der Waals surface area contributed by atoms with Crippen LogP contribution in [0.1, 0.15) is 32.7 Å². The molecule has 4 rings (SSSR count). The summed E-state index contributed by atoms with van der Waals surface area (Å²) in [6.45, 7) is 0.362. The maximum Gasteiger partial charge on any atom is 0.261 e. The van der Waals surface area contributed by atoms with Crippen molar-refractivity contribution in [2.45, 2.75) is 13.0 Å². The number of nitrogens with zero attached hydrogens (tertiary/aromatic N) is 3. The minimum atomic E-state index is -0.372. The van der Waals surface area contributed by atoms with E-state index in [0.717, 1.165) is 20.6 Å². The molecule has 29 heavy (non-hydrogen) atoms. The van der Waals surface area contributed by atoms with Crippen molar-refractivity contribution in [1.82, 2.24) is 20.0 Å². The number of imide groups is 1. The molecule has 3 amide bonds. The van der Waals surface area contributed by atoms with Crippen molar-refractivity contribution in [2.75, 3.05) is 6.54 Å². The average molecular weight is 453 g/mol. The Balaban J connectivity index is 1.36. The van der Waals surface area contributed by atoms with Crippen LogP contribution in [-0.4, -0.2) is 38.9 Å². The molecule has 2 heterocycles. The second kappa shape index (κ2) is 8.00. The molecule has 2 aromatic carbocycles. The van der Waals surface area contributed by atoms with Crippen molar-refractivity contribution >= 4 is 33.7 Å². The van der Waals surface area contributed by atoms with Gasteiger partial charge in [-0.3, -0.25) is 19.3 Å². The van der Waals surface area contributed by atoms with Crippen LogP contribution < -0.4 is 5.32 Å². The predicted octanol–water partition coefficient (Wildman–Crippen LogP) is 2.94. The molecule has 0 atom stereocenters. The van der Waals surface area contributed by atoms with Gasteiger partial charge in [0.25, 0.3) is 11.8 Å². The number of aromatic nitrogens is 2. The number of carbonyl (C=O) groups excluding carboxylic acids is 3. The number of amides is 3. The van der Waals surface area contributed by atoms with Gasteiger partial charge in [-0.25, -0.2) is 4.68 Å². The maximum absolute atomic E-state index is 12.5. The van der Waals surface area contributed by atoms with Crippen molar-refractivity contribution < 1.29 is 14.4 Å². The largest absolute Gasteiger partial charge is 0.352 e. The van der Waals surface area contributed by atoms with Crippen LogP contribution in [0.3, 0.4) is 0 Å². The molecule has 146 valence electrons. The second-order valence-electron chi connectivity index (χ2n) is 6.56. The number of benzene rings is 2. The Bertz CT molecular complexity index is 1100. The van der Waals surface area contributed by atoms with Gasteiger partial charge in [-0.15, -0.1) is 0 Å². The fourth-order valence-electron chi connectivity index (χ4n) is 3.26. The Hall–Kier alpha value is -3.26. The van der Waals surface area contributed by atoms with Crippen LogP contribution in [0.2, 0.25) is 0 Å². The smallest absolute Gasteiger partial charge is 0.261 e. The van der Waals surface area contributed by atoms with Gasteiger partial charge in [-0.05, 0) is 35.9 Å². The summed E-state index contributed by atoms with van der Waals surface area (Å²) in [5, 5.41) is 7.07. The molecule has 1 aliphatic heterocycles. The Morgan fingerprint density at radius 2 is 1.83 bits per heavy atom. The number of rotatable bonds is 6. The van der Waals surface area contributed by atoms with E-state index in [1.807, 2.05) is 36.5 Å². The highest BCUT2D eigenvalue weighted by molar-refractivity contribution is 9.10. The highest BCUT2D eigenvalue weighted by atomic mass is 79.9. The maximum atomic E-state index is 12.5. The molecule has 8 heteroatoms. The Kier molecular flexibility index (Phi) is 5.26. The summed E-state index contributed by atoms with van der Waals surface area (Å²) < 4.78 is 2.46. The van der Waals surface area contributed by atoms with E-state index in [2.05, 4.69) is 26.3 Å². The van der Waals surface area contributed by atoms with E-state index >= 15 is 0 Å². The molecule has 1 N–H and O–H groups in total. The summed E-state index contributed by atoms with van der Waals surface area (Å²) in [7, 11) is 0. The zero-order chi connectivity index (χ0) is 20.4. The second-order valence-corrected chi connectivity index (χ2v) is 7.47. The third-order valence-corrected chi connectivity index (χ3v) is 5.21. The highest BCUT2D eigenvalue weighted by Gasteiger charge is 2.35. The van der Waals surface area contributed by atoms with Crippen LogP contribution in [-0.2, 0) is 11.3 Å². The molecular formula is C21H17BrN4O3. The van der Waals surface area contributed by atoms with Gasteiger partial charge < -0.3 is 5.32 Å². The number of carbonyl (C=O) groups is 3. The van der Waals surface area contributed by atoms with Crippen molar-refractivity contribution in [3.8, 4) is 5.69 Å². The summed E-state index contributed by atoms with van der Waals surface area (Å²) in [6.07, 6.45) is 3.56. The van der Waals surface area contributed by atoms with Crippen LogP contribution in [0.15, 0.2) is 65.4 Å². The molecule has 1 aliphatic rings. The zero-order valence-electron chi connectivity index (χ0n) is 15.3. The fourth-order valence-corrected chi connectivity index (χ4v) is 3.62. The molecule has 3 aromatic rings. The van der Waals surface area contributed by atoms with Gasteiger partial charge in [0.15, 0.2) is 0 Å². The minimum absolute atomic E-state index is 0.0383. The minimum Gasteiger partial charge on any atom is -0.352 e. The predicted molar refractivity (Wildman–Crippen MR) is 110 cm³/mol. The molecule has 0 spiro atoms. The number of halogens is 1.